The second kappa shape index (κ2) is 5.95. The molecule has 0 spiro atoms. The monoisotopic (exact) mass is 204 g/mol. The first-order chi connectivity index (χ1) is 7.15. The Hall–Kier alpha value is -0.780. The van der Waals surface area contributed by atoms with Crippen molar-refractivity contribution in [3.8, 4) is 0 Å². The van der Waals surface area contributed by atoms with E-state index in [4.69, 9.17) is 0 Å². The van der Waals surface area contributed by atoms with Crippen molar-refractivity contribution in [2.24, 2.45) is 5.92 Å². The van der Waals surface area contributed by atoms with E-state index in [2.05, 4.69) is 45.9 Å². The van der Waals surface area contributed by atoms with E-state index in [0.717, 1.165) is 12.3 Å². The smallest absolute Gasteiger partial charge is 0.0191 e. The van der Waals surface area contributed by atoms with E-state index in [-0.39, 0.29) is 0 Å². The molecular weight excluding hydrogens is 180 g/mol. The van der Waals surface area contributed by atoms with Crippen LogP contribution in [0.5, 0.6) is 0 Å². The first-order valence-electron chi connectivity index (χ1n) is 6.19. The van der Waals surface area contributed by atoms with Crippen LogP contribution in [0.2, 0.25) is 0 Å². The van der Waals surface area contributed by atoms with Gasteiger partial charge in [-0.05, 0) is 51.0 Å². The Kier molecular flexibility index (Phi) is 4.87. The lowest BCUT2D eigenvalue weighted by atomic mass is 9.84. The fourth-order valence-electron chi connectivity index (χ4n) is 2.31. The molecule has 1 atom stereocenters. The SMILES string of the molecule is CC/C=C(C)/C=C/C1=C(C)CCCC1C. The van der Waals surface area contributed by atoms with Crippen molar-refractivity contribution in [2.75, 3.05) is 0 Å². The second-order valence-corrected chi connectivity index (χ2v) is 4.72. The molecule has 1 aliphatic rings. The van der Waals surface area contributed by atoms with Crippen LogP contribution in [-0.2, 0) is 0 Å². The fourth-order valence-corrected chi connectivity index (χ4v) is 2.31. The van der Waals surface area contributed by atoms with Crippen LogP contribution in [0.4, 0.5) is 0 Å². The zero-order valence-corrected chi connectivity index (χ0v) is 10.6. The number of allylic oxidation sites excluding steroid dienone is 6. The molecule has 0 heteroatoms. The third kappa shape index (κ3) is 3.70. The Bertz CT molecular complexity index is 289. The van der Waals surface area contributed by atoms with E-state index >= 15 is 0 Å². The fraction of sp³-hybridized carbons (Fsp3) is 0.600. The Morgan fingerprint density at radius 2 is 2.20 bits per heavy atom. The van der Waals surface area contributed by atoms with Crippen molar-refractivity contribution in [1.29, 1.82) is 0 Å². The first-order valence-corrected chi connectivity index (χ1v) is 6.19. The summed E-state index contributed by atoms with van der Waals surface area (Å²) in [6.07, 6.45) is 12.0. The van der Waals surface area contributed by atoms with E-state index in [1.165, 1.54) is 24.8 Å². The molecule has 0 amide bonds. The maximum atomic E-state index is 2.35. The zero-order chi connectivity index (χ0) is 11.3. The van der Waals surface area contributed by atoms with Gasteiger partial charge in [0.05, 0.1) is 0 Å². The van der Waals surface area contributed by atoms with Gasteiger partial charge in [0.1, 0.15) is 0 Å². The summed E-state index contributed by atoms with van der Waals surface area (Å²) >= 11 is 0. The van der Waals surface area contributed by atoms with Crippen LogP contribution in [0, 0.1) is 5.92 Å². The largest absolute Gasteiger partial charge is 0.0819 e. The van der Waals surface area contributed by atoms with Crippen molar-refractivity contribution in [1.82, 2.24) is 0 Å². The molecule has 1 unspecified atom stereocenters. The number of hydrogen-bond donors (Lipinski definition) is 0. The van der Waals surface area contributed by atoms with Crippen LogP contribution < -0.4 is 0 Å². The predicted molar refractivity (Wildman–Crippen MR) is 68.9 cm³/mol. The highest BCUT2D eigenvalue weighted by Crippen LogP contribution is 2.30. The van der Waals surface area contributed by atoms with Gasteiger partial charge in [-0.15, -0.1) is 0 Å². The summed E-state index contributed by atoms with van der Waals surface area (Å²) in [5.74, 6) is 0.754. The third-order valence-corrected chi connectivity index (χ3v) is 3.26. The van der Waals surface area contributed by atoms with Gasteiger partial charge in [0.15, 0.2) is 0 Å². The average molecular weight is 204 g/mol. The summed E-state index contributed by atoms with van der Waals surface area (Å²) < 4.78 is 0. The minimum atomic E-state index is 0.754. The summed E-state index contributed by atoms with van der Waals surface area (Å²) in [6.45, 7) is 9.00. The van der Waals surface area contributed by atoms with Crippen LogP contribution in [0.1, 0.15) is 53.4 Å². The average Bonchev–Trinajstić information content (AvgIpc) is 2.17. The molecule has 0 N–H and O–H groups in total. The Labute approximate surface area is 94.8 Å². The summed E-state index contributed by atoms with van der Waals surface area (Å²) in [7, 11) is 0. The Morgan fingerprint density at radius 1 is 1.47 bits per heavy atom. The van der Waals surface area contributed by atoms with E-state index in [1.54, 1.807) is 11.1 Å². The van der Waals surface area contributed by atoms with Crippen molar-refractivity contribution in [2.45, 2.75) is 53.4 Å². The quantitative estimate of drug-likeness (QED) is 0.565. The van der Waals surface area contributed by atoms with Crippen molar-refractivity contribution in [3.63, 3.8) is 0 Å². The lowest BCUT2D eigenvalue weighted by Crippen LogP contribution is -2.06. The number of rotatable bonds is 3. The minimum absolute atomic E-state index is 0.754. The lowest BCUT2D eigenvalue weighted by molar-refractivity contribution is 0.546. The molecule has 1 aliphatic carbocycles. The first kappa shape index (κ1) is 12.3. The molecular formula is C15H24. The van der Waals surface area contributed by atoms with E-state index in [0.29, 0.717) is 0 Å². The van der Waals surface area contributed by atoms with E-state index < -0.39 is 0 Å². The summed E-state index contributed by atoms with van der Waals surface area (Å²) in [4.78, 5) is 0. The molecule has 0 aromatic rings. The molecule has 0 heterocycles. The molecule has 0 saturated carbocycles. The number of hydrogen-bond acceptors (Lipinski definition) is 0. The molecule has 0 aliphatic heterocycles. The summed E-state index contributed by atoms with van der Waals surface area (Å²) in [5.41, 5.74) is 4.55. The van der Waals surface area contributed by atoms with Gasteiger partial charge < -0.3 is 0 Å². The van der Waals surface area contributed by atoms with Crippen molar-refractivity contribution < 1.29 is 0 Å². The Balaban J connectivity index is 2.75. The van der Waals surface area contributed by atoms with Gasteiger partial charge in [-0.1, -0.05) is 43.2 Å². The van der Waals surface area contributed by atoms with Crippen LogP contribution >= 0.6 is 0 Å². The third-order valence-electron chi connectivity index (χ3n) is 3.26. The summed E-state index contributed by atoms with van der Waals surface area (Å²) in [6, 6.07) is 0. The van der Waals surface area contributed by atoms with Gasteiger partial charge in [0.2, 0.25) is 0 Å². The van der Waals surface area contributed by atoms with Gasteiger partial charge in [0.25, 0.3) is 0 Å². The maximum Gasteiger partial charge on any atom is -0.0191 e. The molecule has 0 radical (unpaired) electrons. The van der Waals surface area contributed by atoms with Gasteiger partial charge >= 0.3 is 0 Å². The van der Waals surface area contributed by atoms with Crippen LogP contribution in [0.3, 0.4) is 0 Å². The van der Waals surface area contributed by atoms with Gasteiger partial charge in [-0.25, -0.2) is 0 Å². The lowest BCUT2D eigenvalue weighted by Gasteiger charge is -2.22. The van der Waals surface area contributed by atoms with E-state index in [1.807, 2.05) is 0 Å². The molecule has 84 valence electrons. The minimum Gasteiger partial charge on any atom is -0.0819 e. The van der Waals surface area contributed by atoms with Crippen LogP contribution in [0.25, 0.3) is 0 Å². The van der Waals surface area contributed by atoms with Crippen molar-refractivity contribution in [3.05, 3.63) is 34.9 Å². The second-order valence-electron chi connectivity index (χ2n) is 4.72. The maximum absolute atomic E-state index is 2.35. The highest BCUT2D eigenvalue weighted by atomic mass is 14.2. The molecule has 0 fully saturated rings. The van der Waals surface area contributed by atoms with Crippen molar-refractivity contribution >= 4 is 0 Å². The highest BCUT2D eigenvalue weighted by molar-refractivity contribution is 5.32. The normalized spacial score (nSPS) is 24.0. The molecule has 0 nitrogen and oxygen atoms in total. The Morgan fingerprint density at radius 3 is 2.80 bits per heavy atom. The topological polar surface area (TPSA) is 0 Å². The zero-order valence-electron chi connectivity index (χ0n) is 10.6. The predicted octanol–water partition coefficient (Wildman–Crippen LogP) is 5.04. The molecule has 1 rings (SSSR count). The molecule has 0 saturated heterocycles. The molecule has 0 aromatic heterocycles. The van der Waals surface area contributed by atoms with Gasteiger partial charge in [-0.3, -0.25) is 0 Å². The standard InChI is InChI=1S/C15H24/c1-5-7-12(2)10-11-15-13(3)8-6-9-14(15)4/h7,10-11,13H,5-6,8-9H2,1-4H3/b11-10+,12-7+. The summed E-state index contributed by atoms with van der Waals surface area (Å²) in [5, 5.41) is 0. The van der Waals surface area contributed by atoms with Gasteiger partial charge in [0, 0.05) is 0 Å². The van der Waals surface area contributed by atoms with Gasteiger partial charge in [-0.2, -0.15) is 0 Å². The van der Waals surface area contributed by atoms with E-state index in [9.17, 15) is 0 Å². The van der Waals surface area contributed by atoms with Crippen LogP contribution in [-0.4, -0.2) is 0 Å². The molecule has 0 aromatic carbocycles. The molecule has 0 bridgehead atoms. The molecule has 15 heavy (non-hydrogen) atoms. The highest BCUT2D eigenvalue weighted by Gasteiger charge is 2.14. The van der Waals surface area contributed by atoms with Crippen LogP contribution in [0.15, 0.2) is 34.9 Å².